The van der Waals surface area contributed by atoms with Crippen molar-refractivity contribution in [1.82, 2.24) is 19.1 Å². The van der Waals surface area contributed by atoms with E-state index in [-0.39, 0.29) is 11.6 Å². The van der Waals surface area contributed by atoms with E-state index in [2.05, 4.69) is 27.9 Å². The maximum Gasteiger partial charge on any atom is 0.333 e. The smallest absolute Gasteiger partial charge is 0.307 e. The van der Waals surface area contributed by atoms with Gasteiger partial charge in [0.05, 0.1) is 39.9 Å². The van der Waals surface area contributed by atoms with E-state index in [1.54, 1.807) is 34.6 Å². The zero-order valence-electron chi connectivity index (χ0n) is 20.7. The molecule has 3 heterocycles. The second-order valence-corrected chi connectivity index (χ2v) is 9.31. The molecular weight excluding hydrogens is 464 g/mol. The van der Waals surface area contributed by atoms with E-state index in [4.69, 9.17) is 0 Å². The Labute approximate surface area is 213 Å². The Kier molecular flexibility index (Phi) is 5.69. The van der Waals surface area contributed by atoms with Gasteiger partial charge >= 0.3 is 5.69 Å². The highest BCUT2D eigenvalue weighted by molar-refractivity contribution is 6.04. The molecule has 0 spiro atoms. The number of nitriles is 1. The second kappa shape index (κ2) is 8.88. The average Bonchev–Trinajstić information content (AvgIpc) is 3.18. The van der Waals surface area contributed by atoms with Crippen molar-refractivity contribution in [3.8, 4) is 22.9 Å². The minimum Gasteiger partial charge on any atom is -0.307 e. The molecule has 182 valence electrons. The van der Waals surface area contributed by atoms with Crippen LogP contribution < -0.4 is 11.0 Å². The monoisotopic (exact) mass is 488 g/mol. The standard InChI is InChI=1S/C29H24N6O2/c1-5-26(36)33-25-13-7-19(15-32-25)18-6-12-23-22(14-18)27-24(16-31-23)34(4)28(37)35(27)21-10-8-20(9-11-21)29(2,3)17-30/h5-16H,1H2,2-4H3,(H,32,33,36). The lowest BCUT2D eigenvalue weighted by Crippen LogP contribution is -2.21. The summed E-state index contributed by atoms with van der Waals surface area (Å²) in [5.41, 5.74) is 4.70. The molecule has 0 aliphatic rings. The van der Waals surface area contributed by atoms with Crippen molar-refractivity contribution in [3.05, 3.63) is 95.7 Å². The Morgan fingerprint density at radius 3 is 2.43 bits per heavy atom. The number of anilines is 1. The number of carbonyl (C=O) groups is 1. The molecule has 0 saturated heterocycles. The third kappa shape index (κ3) is 4.06. The molecule has 5 rings (SSSR count). The van der Waals surface area contributed by atoms with Crippen molar-refractivity contribution in [2.45, 2.75) is 19.3 Å². The average molecular weight is 489 g/mol. The van der Waals surface area contributed by atoms with Crippen molar-refractivity contribution >= 4 is 33.7 Å². The van der Waals surface area contributed by atoms with Gasteiger partial charge in [0, 0.05) is 24.2 Å². The van der Waals surface area contributed by atoms with Crippen LogP contribution >= 0.6 is 0 Å². The van der Waals surface area contributed by atoms with Crippen LogP contribution in [0.5, 0.6) is 0 Å². The highest BCUT2D eigenvalue weighted by Crippen LogP contribution is 2.30. The molecule has 0 fully saturated rings. The summed E-state index contributed by atoms with van der Waals surface area (Å²) < 4.78 is 3.26. The Balaban J connectivity index is 1.67. The lowest BCUT2D eigenvalue weighted by molar-refractivity contribution is -0.111. The van der Waals surface area contributed by atoms with Gasteiger partial charge in [-0.05, 0) is 67.4 Å². The van der Waals surface area contributed by atoms with Gasteiger partial charge in [0.25, 0.3) is 0 Å². The minimum absolute atomic E-state index is 0.189. The minimum atomic E-state index is -0.633. The fraction of sp³-hybridized carbons (Fsp3) is 0.138. The molecule has 0 saturated carbocycles. The second-order valence-electron chi connectivity index (χ2n) is 9.31. The Morgan fingerprint density at radius 2 is 1.78 bits per heavy atom. The zero-order valence-corrected chi connectivity index (χ0v) is 20.7. The number of hydrogen-bond acceptors (Lipinski definition) is 5. The lowest BCUT2D eigenvalue weighted by Gasteiger charge is -2.16. The summed E-state index contributed by atoms with van der Waals surface area (Å²) in [7, 11) is 1.73. The molecule has 0 unspecified atom stereocenters. The summed E-state index contributed by atoms with van der Waals surface area (Å²) in [6, 6.07) is 19.3. The maximum atomic E-state index is 13.4. The topological polar surface area (TPSA) is 106 Å². The highest BCUT2D eigenvalue weighted by atomic mass is 16.2. The molecule has 0 bridgehead atoms. The van der Waals surface area contributed by atoms with Crippen LogP contribution in [0.4, 0.5) is 5.82 Å². The number of nitrogens with zero attached hydrogens (tertiary/aromatic N) is 5. The van der Waals surface area contributed by atoms with Crippen molar-refractivity contribution in [1.29, 1.82) is 5.26 Å². The van der Waals surface area contributed by atoms with Crippen molar-refractivity contribution in [3.63, 3.8) is 0 Å². The van der Waals surface area contributed by atoms with E-state index in [0.29, 0.717) is 17.0 Å². The number of nitrogens with one attached hydrogen (secondary N) is 1. The summed E-state index contributed by atoms with van der Waals surface area (Å²) in [5, 5.41) is 12.9. The summed E-state index contributed by atoms with van der Waals surface area (Å²) in [5.74, 6) is 0.101. The van der Waals surface area contributed by atoms with Crippen molar-refractivity contribution in [2.24, 2.45) is 7.05 Å². The van der Waals surface area contributed by atoms with Crippen LogP contribution in [0.15, 0.2) is 84.4 Å². The van der Waals surface area contributed by atoms with Gasteiger partial charge < -0.3 is 5.32 Å². The zero-order chi connectivity index (χ0) is 26.3. The maximum absolute atomic E-state index is 13.4. The number of fused-ring (bicyclic) bond motifs is 3. The molecule has 0 aliphatic carbocycles. The summed E-state index contributed by atoms with van der Waals surface area (Å²) in [6.45, 7) is 7.17. The van der Waals surface area contributed by atoms with Crippen LogP contribution in [0, 0.1) is 11.3 Å². The third-order valence-corrected chi connectivity index (χ3v) is 6.54. The first-order valence-electron chi connectivity index (χ1n) is 11.7. The van der Waals surface area contributed by atoms with Gasteiger partial charge in [-0.1, -0.05) is 24.8 Å². The van der Waals surface area contributed by atoms with E-state index >= 15 is 0 Å². The van der Waals surface area contributed by atoms with Crippen LogP contribution in [-0.2, 0) is 17.3 Å². The number of rotatable bonds is 5. The van der Waals surface area contributed by atoms with E-state index in [0.717, 1.165) is 33.1 Å². The molecule has 5 aromatic rings. The van der Waals surface area contributed by atoms with Gasteiger partial charge in [-0.25, -0.2) is 9.78 Å². The van der Waals surface area contributed by atoms with Crippen molar-refractivity contribution < 1.29 is 4.79 Å². The Morgan fingerprint density at radius 1 is 1.05 bits per heavy atom. The lowest BCUT2D eigenvalue weighted by atomic mass is 9.86. The summed E-state index contributed by atoms with van der Waals surface area (Å²) in [4.78, 5) is 33.8. The Bertz CT molecular complexity index is 1790. The number of amides is 1. The van der Waals surface area contributed by atoms with Crippen LogP contribution in [-0.4, -0.2) is 25.0 Å². The molecule has 0 radical (unpaired) electrons. The number of aromatic nitrogens is 4. The fourth-order valence-electron chi connectivity index (χ4n) is 4.32. The Hall–Kier alpha value is -5.03. The highest BCUT2D eigenvalue weighted by Gasteiger charge is 2.21. The molecule has 3 aromatic heterocycles. The van der Waals surface area contributed by atoms with Crippen LogP contribution in [0.3, 0.4) is 0 Å². The van der Waals surface area contributed by atoms with Gasteiger partial charge in [0.1, 0.15) is 5.82 Å². The van der Waals surface area contributed by atoms with E-state index in [1.165, 1.54) is 6.08 Å². The molecule has 37 heavy (non-hydrogen) atoms. The number of benzene rings is 2. The molecule has 8 nitrogen and oxygen atoms in total. The fourth-order valence-corrected chi connectivity index (χ4v) is 4.32. The third-order valence-electron chi connectivity index (χ3n) is 6.54. The first kappa shape index (κ1) is 23.7. The number of carbonyl (C=O) groups excluding carboxylic acids is 1. The van der Waals surface area contributed by atoms with Gasteiger partial charge in [-0.3, -0.25) is 18.9 Å². The van der Waals surface area contributed by atoms with Gasteiger partial charge in [0.2, 0.25) is 5.91 Å². The normalized spacial score (nSPS) is 11.4. The molecule has 0 atom stereocenters. The number of pyridine rings is 2. The predicted molar refractivity (Wildman–Crippen MR) is 145 cm³/mol. The SMILES string of the molecule is C=CC(=O)Nc1ccc(-c2ccc3ncc4c(c3c2)n(-c2ccc(C(C)(C)C#N)cc2)c(=O)n4C)cn1. The summed E-state index contributed by atoms with van der Waals surface area (Å²) in [6.07, 6.45) is 4.58. The quantitative estimate of drug-likeness (QED) is 0.356. The molecule has 0 aliphatic heterocycles. The predicted octanol–water partition coefficient (Wildman–Crippen LogP) is 4.87. The van der Waals surface area contributed by atoms with Crippen LogP contribution in [0.25, 0.3) is 38.8 Å². The summed E-state index contributed by atoms with van der Waals surface area (Å²) >= 11 is 0. The van der Waals surface area contributed by atoms with Crippen LogP contribution in [0.2, 0.25) is 0 Å². The molecule has 1 amide bonds. The molecule has 8 heteroatoms. The number of hydrogen-bond donors (Lipinski definition) is 1. The van der Waals surface area contributed by atoms with Gasteiger partial charge in [-0.2, -0.15) is 5.26 Å². The number of imidazole rings is 1. The first-order chi connectivity index (χ1) is 17.7. The molecule has 1 N–H and O–H groups in total. The van der Waals surface area contributed by atoms with E-state index < -0.39 is 5.41 Å². The van der Waals surface area contributed by atoms with E-state index in [1.807, 2.05) is 62.4 Å². The van der Waals surface area contributed by atoms with E-state index in [9.17, 15) is 14.9 Å². The number of aryl methyl sites for hydroxylation is 1. The molecule has 2 aromatic carbocycles. The van der Waals surface area contributed by atoms with Gasteiger partial charge in [0.15, 0.2) is 0 Å². The van der Waals surface area contributed by atoms with Crippen molar-refractivity contribution in [2.75, 3.05) is 5.32 Å². The van der Waals surface area contributed by atoms with Gasteiger partial charge in [-0.15, -0.1) is 0 Å². The van der Waals surface area contributed by atoms with Crippen LogP contribution in [0.1, 0.15) is 19.4 Å². The largest absolute Gasteiger partial charge is 0.333 e. The first-order valence-corrected chi connectivity index (χ1v) is 11.7. The molecular formula is C29H24N6O2.